The summed E-state index contributed by atoms with van der Waals surface area (Å²) in [4.78, 5) is 2.16. The summed E-state index contributed by atoms with van der Waals surface area (Å²) in [6, 6.07) is 6.57. The molecule has 1 fully saturated rings. The van der Waals surface area contributed by atoms with Gasteiger partial charge in [-0.1, -0.05) is 12.1 Å². The van der Waals surface area contributed by atoms with Crippen molar-refractivity contribution < 1.29 is 13.9 Å². The minimum absolute atomic E-state index is 0.236. The average Bonchev–Trinajstić information content (AvgIpc) is 2.79. The lowest BCUT2D eigenvalue weighted by molar-refractivity contribution is -0.0361. The highest BCUT2D eigenvalue weighted by atomic mass is 19.1. The zero-order chi connectivity index (χ0) is 12.8. The molecule has 0 aliphatic carbocycles. The normalized spacial score (nSPS) is 20.4. The van der Waals surface area contributed by atoms with Crippen LogP contribution in [0.25, 0.3) is 11.0 Å². The summed E-state index contributed by atoms with van der Waals surface area (Å²) in [6.45, 7) is 1.63. The Bertz CT molecular complexity index is 570. The molecule has 1 aliphatic heterocycles. The number of para-hydroxylation sites is 1. The van der Waals surface area contributed by atoms with Crippen LogP contribution in [0, 0.1) is 5.82 Å². The van der Waals surface area contributed by atoms with Gasteiger partial charge in [0.05, 0.1) is 0 Å². The van der Waals surface area contributed by atoms with Crippen LogP contribution < -0.4 is 0 Å². The molecule has 1 saturated heterocycles. The highest BCUT2D eigenvalue weighted by Gasteiger charge is 2.36. The Kier molecular flexibility index (Phi) is 2.64. The minimum atomic E-state index is -0.960. The van der Waals surface area contributed by atoms with E-state index in [-0.39, 0.29) is 11.4 Å². The number of fused-ring (bicyclic) bond motifs is 1. The third-order valence-corrected chi connectivity index (χ3v) is 3.77. The molecule has 96 valence electrons. The lowest BCUT2D eigenvalue weighted by atomic mass is 9.89. The molecular formula is C14H16FNO2. The number of benzene rings is 1. The van der Waals surface area contributed by atoms with Gasteiger partial charge in [0.15, 0.2) is 11.4 Å². The van der Waals surface area contributed by atoms with Gasteiger partial charge in [-0.2, -0.15) is 0 Å². The fraction of sp³-hybridized carbons (Fsp3) is 0.429. The minimum Gasteiger partial charge on any atom is -0.455 e. The van der Waals surface area contributed by atoms with Crippen LogP contribution in [0.3, 0.4) is 0 Å². The van der Waals surface area contributed by atoms with Gasteiger partial charge in [-0.05, 0) is 32.0 Å². The summed E-state index contributed by atoms with van der Waals surface area (Å²) in [5.74, 6) is 0.103. The van der Waals surface area contributed by atoms with Crippen molar-refractivity contribution in [1.82, 2.24) is 4.90 Å². The average molecular weight is 249 g/mol. The molecule has 3 rings (SSSR count). The Morgan fingerprint density at radius 1 is 1.33 bits per heavy atom. The standard InChI is InChI=1S/C14H16FNO2/c1-16-7-5-14(17,6-8-16)12-9-10-3-2-4-11(15)13(10)18-12/h2-4,9,17H,5-8H2,1H3. The Labute approximate surface area is 105 Å². The van der Waals surface area contributed by atoms with Crippen molar-refractivity contribution in [3.63, 3.8) is 0 Å². The van der Waals surface area contributed by atoms with Gasteiger partial charge in [0.25, 0.3) is 0 Å². The van der Waals surface area contributed by atoms with Gasteiger partial charge in [0.2, 0.25) is 0 Å². The summed E-state index contributed by atoms with van der Waals surface area (Å²) in [5, 5.41) is 11.3. The summed E-state index contributed by atoms with van der Waals surface area (Å²) in [6.07, 6.45) is 1.23. The molecule has 0 amide bonds. The lowest BCUT2D eigenvalue weighted by Gasteiger charge is -2.34. The Balaban J connectivity index is 2.01. The maximum absolute atomic E-state index is 13.6. The molecule has 1 N–H and O–H groups in total. The van der Waals surface area contributed by atoms with Crippen LogP contribution in [0.1, 0.15) is 18.6 Å². The summed E-state index contributed by atoms with van der Waals surface area (Å²) >= 11 is 0. The van der Waals surface area contributed by atoms with Crippen LogP contribution in [-0.4, -0.2) is 30.1 Å². The van der Waals surface area contributed by atoms with Gasteiger partial charge < -0.3 is 14.4 Å². The van der Waals surface area contributed by atoms with E-state index in [1.165, 1.54) is 6.07 Å². The molecule has 2 aromatic rings. The molecule has 1 aromatic carbocycles. The van der Waals surface area contributed by atoms with E-state index in [1.54, 1.807) is 18.2 Å². The Morgan fingerprint density at radius 3 is 2.72 bits per heavy atom. The molecule has 0 spiro atoms. The van der Waals surface area contributed by atoms with Crippen molar-refractivity contribution in [2.24, 2.45) is 0 Å². The molecule has 0 atom stereocenters. The molecule has 0 bridgehead atoms. The predicted molar refractivity (Wildman–Crippen MR) is 66.8 cm³/mol. The predicted octanol–water partition coefficient (Wildman–Crippen LogP) is 2.49. The summed E-state index contributed by atoms with van der Waals surface area (Å²) in [5.41, 5.74) is -0.724. The number of likely N-dealkylation sites (tertiary alicyclic amines) is 1. The lowest BCUT2D eigenvalue weighted by Crippen LogP contribution is -2.40. The van der Waals surface area contributed by atoms with Crippen LogP contribution in [0.5, 0.6) is 0 Å². The Hall–Kier alpha value is -1.39. The van der Waals surface area contributed by atoms with Crippen LogP contribution in [0.15, 0.2) is 28.7 Å². The third-order valence-electron chi connectivity index (χ3n) is 3.77. The van der Waals surface area contributed by atoms with E-state index >= 15 is 0 Å². The first-order chi connectivity index (χ1) is 8.58. The molecule has 4 heteroatoms. The monoisotopic (exact) mass is 249 g/mol. The van der Waals surface area contributed by atoms with E-state index < -0.39 is 5.60 Å². The largest absolute Gasteiger partial charge is 0.455 e. The van der Waals surface area contributed by atoms with Gasteiger partial charge in [0, 0.05) is 18.5 Å². The van der Waals surface area contributed by atoms with Crippen LogP contribution in [0.2, 0.25) is 0 Å². The third kappa shape index (κ3) is 1.82. The van der Waals surface area contributed by atoms with Gasteiger partial charge >= 0.3 is 0 Å². The first-order valence-electron chi connectivity index (χ1n) is 6.18. The van der Waals surface area contributed by atoms with E-state index in [0.717, 1.165) is 13.1 Å². The van der Waals surface area contributed by atoms with Crippen LogP contribution in [-0.2, 0) is 5.60 Å². The molecule has 18 heavy (non-hydrogen) atoms. The maximum atomic E-state index is 13.6. The van der Waals surface area contributed by atoms with Gasteiger partial charge in [0.1, 0.15) is 11.4 Å². The number of halogens is 1. The first kappa shape index (κ1) is 11.7. The molecular weight excluding hydrogens is 233 g/mol. The molecule has 0 saturated carbocycles. The van der Waals surface area contributed by atoms with Crippen LogP contribution in [0.4, 0.5) is 4.39 Å². The quantitative estimate of drug-likeness (QED) is 0.843. The van der Waals surface area contributed by atoms with Crippen molar-refractivity contribution in [3.8, 4) is 0 Å². The number of rotatable bonds is 1. The topological polar surface area (TPSA) is 36.6 Å². The molecule has 2 heterocycles. The number of hydrogen-bond donors (Lipinski definition) is 1. The zero-order valence-corrected chi connectivity index (χ0v) is 10.3. The number of hydrogen-bond acceptors (Lipinski definition) is 3. The molecule has 1 aliphatic rings. The van der Waals surface area contributed by atoms with E-state index in [0.29, 0.717) is 24.0 Å². The molecule has 0 radical (unpaired) electrons. The van der Waals surface area contributed by atoms with E-state index in [4.69, 9.17) is 4.42 Å². The SMILES string of the molecule is CN1CCC(O)(c2cc3cccc(F)c3o2)CC1. The molecule has 3 nitrogen and oxygen atoms in total. The first-order valence-corrected chi connectivity index (χ1v) is 6.18. The number of aliphatic hydroxyl groups is 1. The highest BCUT2D eigenvalue weighted by molar-refractivity contribution is 5.78. The smallest absolute Gasteiger partial charge is 0.170 e. The highest BCUT2D eigenvalue weighted by Crippen LogP contribution is 2.36. The van der Waals surface area contributed by atoms with Crippen molar-refractivity contribution in [2.45, 2.75) is 18.4 Å². The van der Waals surface area contributed by atoms with Crippen molar-refractivity contribution in [1.29, 1.82) is 0 Å². The Morgan fingerprint density at radius 2 is 2.06 bits per heavy atom. The van der Waals surface area contributed by atoms with Crippen molar-refractivity contribution in [3.05, 3.63) is 35.8 Å². The van der Waals surface area contributed by atoms with Gasteiger partial charge in [-0.15, -0.1) is 0 Å². The van der Waals surface area contributed by atoms with Crippen molar-refractivity contribution >= 4 is 11.0 Å². The zero-order valence-electron chi connectivity index (χ0n) is 10.3. The second-order valence-corrected chi connectivity index (χ2v) is 5.10. The number of piperidine rings is 1. The van der Waals surface area contributed by atoms with E-state index in [1.807, 2.05) is 7.05 Å². The summed E-state index contributed by atoms with van der Waals surface area (Å²) in [7, 11) is 2.03. The van der Waals surface area contributed by atoms with E-state index in [2.05, 4.69) is 4.90 Å². The molecule has 1 aromatic heterocycles. The number of furan rings is 1. The fourth-order valence-electron chi connectivity index (χ4n) is 2.49. The van der Waals surface area contributed by atoms with Gasteiger partial charge in [-0.25, -0.2) is 4.39 Å². The van der Waals surface area contributed by atoms with Crippen LogP contribution >= 0.6 is 0 Å². The maximum Gasteiger partial charge on any atom is 0.170 e. The summed E-state index contributed by atoms with van der Waals surface area (Å²) < 4.78 is 19.1. The van der Waals surface area contributed by atoms with Crippen molar-refractivity contribution in [2.75, 3.05) is 20.1 Å². The molecule has 0 unspecified atom stereocenters. The number of nitrogens with zero attached hydrogens (tertiary/aromatic N) is 1. The van der Waals surface area contributed by atoms with E-state index in [9.17, 15) is 9.50 Å². The van der Waals surface area contributed by atoms with Gasteiger partial charge in [-0.3, -0.25) is 0 Å². The second-order valence-electron chi connectivity index (χ2n) is 5.10. The fourth-order valence-corrected chi connectivity index (χ4v) is 2.49. The second kappa shape index (κ2) is 4.07.